The van der Waals surface area contributed by atoms with E-state index in [0.717, 1.165) is 47.8 Å². The minimum atomic E-state index is -0.842. The van der Waals surface area contributed by atoms with Crippen molar-refractivity contribution in [3.8, 4) is 0 Å². The predicted octanol–water partition coefficient (Wildman–Crippen LogP) is 4.27. The topological polar surface area (TPSA) is 69.6 Å². The number of piperazine rings is 1. The maximum absolute atomic E-state index is 12.9. The third-order valence-corrected chi connectivity index (χ3v) is 6.58. The van der Waals surface area contributed by atoms with Gasteiger partial charge in [-0.05, 0) is 63.4 Å². The van der Waals surface area contributed by atoms with Gasteiger partial charge >= 0.3 is 0 Å². The summed E-state index contributed by atoms with van der Waals surface area (Å²) in [6, 6.07) is 17.7. The zero-order valence-corrected chi connectivity index (χ0v) is 20.0. The van der Waals surface area contributed by atoms with Crippen molar-refractivity contribution >= 4 is 17.3 Å². The highest BCUT2D eigenvalue weighted by atomic mass is 16.3. The first-order chi connectivity index (χ1) is 15.7. The molecule has 3 aromatic rings. The maximum Gasteiger partial charge on any atom is 0.213 e. The number of aromatic nitrogens is 2. The molecule has 1 saturated heterocycles. The molecule has 0 unspecified atom stereocenters. The van der Waals surface area contributed by atoms with Crippen molar-refractivity contribution in [1.29, 1.82) is 0 Å². The molecule has 4 rings (SSSR count). The van der Waals surface area contributed by atoms with Crippen LogP contribution >= 0.6 is 0 Å². The van der Waals surface area contributed by atoms with Gasteiger partial charge in [0, 0.05) is 36.9 Å². The number of nitrogens with zero attached hydrogens (tertiary/aromatic N) is 4. The number of carbonyl (C=O) groups is 1. The Labute approximate surface area is 195 Å². The molecule has 2 aromatic carbocycles. The molecule has 0 aliphatic carbocycles. The highest BCUT2D eigenvalue weighted by Crippen LogP contribution is 2.29. The lowest BCUT2D eigenvalue weighted by Crippen LogP contribution is -2.52. The summed E-state index contributed by atoms with van der Waals surface area (Å²) in [7, 11) is 0. The first kappa shape index (κ1) is 22.9. The van der Waals surface area contributed by atoms with Gasteiger partial charge in [-0.3, -0.25) is 4.79 Å². The lowest BCUT2D eigenvalue weighted by molar-refractivity contribution is 0.0786. The second-order valence-corrected chi connectivity index (χ2v) is 9.41. The van der Waals surface area contributed by atoms with Crippen LogP contribution in [-0.2, 0) is 5.60 Å². The molecule has 0 radical (unpaired) electrons. The summed E-state index contributed by atoms with van der Waals surface area (Å²) >= 11 is 0. The van der Waals surface area contributed by atoms with E-state index in [-0.39, 0.29) is 11.8 Å². The minimum Gasteiger partial charge on any atom is -0.386 e. The van der Waals surface area contributed by atoms with Gasteiger partial charge in [0.15, 0.2) is 5.82 Å². The number of carbonyl (C=O) groups excluding carboxylic acids is 1. The third-order valence-electron chi connectivity index (χ3n) is 6.58. The maximum atomic E-state index is 12.9. The van der Waals surface area contributed by atoms with Crippen LogP contribution in [0.1, 0.15) is 53.5 Å². The van der Waals surface area contributed by atoms with E-state index in [1.54, 1.807) is 13.8 Å². The summed E-state index contributed by atoms with van der Waals surface area (Å²) in [4.78, 5) is 17.6. The van der Waals surface area contributed by atoms with Gasteiger partial charge in [-0.2, -0.15) is 0 Å². The quantitative estimate of drug-likeness (QED) is 0.593. The zero-order chi connectivity index (χ0) is 23.8. The van der Waals surface area contributed by atoms with Crippen LogP contribution in [0.4, 0.5) is 11.5 Å². The average Bonchev–Trinajstić information content (AvgIpc) is 2.80. The third kappa shape index (κ3) is 4.62. The highest BCUT2D eigenvalue weighted by Gasteiger charge is 2.28. The van der Waals surface area contributed by atoms with Crippen LogP contribution in [0.25, 0.3) is 0 Å². The summed E-state index contributed by atoms with van der Waals surface area (Å²) in [5.41, 5.74) is 4.14. The molecule has 33 heavy (non-hydrogen) atoms. The SMILES string of the molecule is Cc1c(C(=O)c2ccccc2)nnc(N2CCN(c3ccc(C(C)(C)O)cc3)[C@H](C)C2)c1C. The van der Waals surface area contributed by atoms with E-state index in [2.05, 4.69) is 39.1 Å². The molecule has 1 aliphatic rings. The Balaban J connectivity index is 1.51. The van der Waals surface area contributed by atoms with Crippen molar-refractivity contribution in [1.82, 2.24) is 10.2 Å². The van der Waals surface area contributed by atoms with Crippen molar-refractivity contribution in [2.45, 2.75) is 46.3 Å². The number of aliphatic hydroxyl groups is 1. The highest BCUT2D eigenvalue weighted by molar-refractivity contribution is 6.08. The van der Waals surface area contributed by atoms with E-state index in [9.17, 15) is 9.90 Å². The predicted molar refractivity (Wildman–Crippen MR) is 132 cm³/mol. The fourth-order valence-electron chi connectivity index (χ4n) is 4.43. The normalized spacial score (nSPS) is 16.7. The molecule has 6 nitrogen and oxygen atoms in total. The Morgan fingerprint density at radius 2 is 1.64 bits per heavy atom. The van der Waals surface area contributed by atoms with Gasteiger partial charge in [-0.25, -0.2) is 0 Å². The molecule has 0 saturated carbocycles. The van der Waals surface area contributed by atoms with Crippen molar-refractivity contribution < 1.29 is 9.90 Å². The van der Waals surface area contributed by atoms with Crippen LogP contribution in [0.3, 0.4) is 0 Å². The number of ketones is 1. The van der Waals surface area contributed by atoms with Crippen LogP contribution in [0.5, 0.6) is 0 Å². The van der Waals surface area contributed by atoms with Gasteiger partial charge in [0.25, 0.3) is 0 Å². The molecule has 1 N–H and O–H groups in total. The number of rotatable bonds is 5. The van der Waals surface area contributed by atoms with Gasteiger partial charge in [0.1, 0.15) is 5.69 Å². The Hall–Kier alpha value is -3.25. The number of hydrogen-bond acceptors (Lipinski definition) is 6. The van der Waals surface area contributed by atoms with E-state index in [1.165, 1.54) is 0 Å². The second kappa shape index (κ2) is 8.94. The fourth-order valence-corrected chi connectivity index (χ4v) is 4.43. The fraction of sp³-hybridized carbons (Fsp3) is 0.370. The summed E-state index contributed by atoms with van der Waals surface area (Å²) in [6.45, 7) is 12.3. The van der Waals surface area contributed by atoms with E-state index in [1.807, 2.05) is 56.3 Å². The molecule has 6 heteroatoms. The summed E-state index contributed by atoms with van der Waals surface area (Å²) in [6.07, 6.45) is 0. The van der Waals surface area contributed by atoms with Crippen LogP contribution in [0.15, 0.2) is 54.6 Å². The molecular weight excluding hydrogens is 412 g/mol. The van der Waals surface area contributed by atoms with Crippen molar-refractivity contribution in [3.63, 3.8) is 0 Å². The molecule has 2 heterocycles. The van der Waals surface area contributed by atoms with Crippen molar-refractivity contribution in [2.75, 3.05) is 29.4 Å². The molecule has 0 amide bonds. The van der Waals surface area contributed by atoms with Crippen molar-refractivity contribution in [3.05, 3.63) is 82.5 Å². The summed E-state index contributed by atoms with van der Waals surface area (Å²) < 4.78 is 0. The van der Waals surface area contributed by atoms with Crippen LogP contribution in [-0.4, -0.2) is 46.8 Å². The lowest BCUT2D eigenvalue weighted by Gasteiger charge is -2.42. The Morgan fingerprint density at radius 1 is 0.970 bits per heavy atom. The minimum absolute atomic E-state index is 0.0945. The van der Waals surface area contributed by atoms with Gasteiger partial charge in [0.05, 0.1) is 5.60 Å². The van der Waals surface area contributed by atoms with Crippen molar-refractivity contribution in [2.24, 2.45) is 0 Å². The molecule has 1 aromatic heterocycles. The second-order valence-electron chi connectivity index (χ2n) is 9.41. The van der Waals surface area contributed by atoms with Crippen LogP contribution < -0.4 is 9.80 Å². The molecule has 1 atom stereocenters. The van der Waals surface area contributed by atoms with E-state index < -0.39 is 5.60 Å². The number of benzene rings is 2. The van der Waals surface area contributed by atoms with E-state index >= 15 is 0 Å². The molecule has 172 valence electrons. The molecular formula is C27H32N4O2. The zero-order valence-electron chi connectivity index (χ0n) is 20.0. The van der Waals surface area contributed by atoms with Crippen LogP contribution in [0, 0.1) is 13.8 Å². The Morgan fingerprint density at radius 3 is 2.24 bits per heavy atom. The molecule has 1 aliphatic heterocycles. The molecule has 1 fully saturated rings. The number of anilines is 2. The van der Waals surface area contributed by atoms with Gasteiger partial charge in [0.2, 0.25) is 5.78 Å². The van der Waals surface area contributed by atoms with E-state index in [4.69, 9.17) is 0 Å². The largest absolute Gasteiger partial charge is 0.386 e. The first-order valence-corrected chi connectivity index (χ1v) is 11.4. The molecule has 0 bridgehead atoms. The van der Waals surface area contributed by atoms with Gasteiger partial charge in [-0.1, -0.05) is 42.5 Å². The molecule has 0 spiro atoms. The Bertz CT molecular complexity index is 1140. The van der Waals surface area contributed by atoms with Crippen LogP contribution in [0.2, 0.25) is 0 Å². The van der Waals surface area contributed by atoms with Gasteiger partial charge < -0.3 is 14.9 Å². The standard InChI is InChI=1S/C27H32N4O2/c1-18-17-30(15-16-31(18)23-13-11-22(12-14-23)27(4,5)33)26-20(3)19(2)24(28-29-26)25(32)21-9-7-6-8-10-21/h6-14,18,33H,15-17H2,1-5H3/t18-/m1/s1. The van der Waals surface area contributed by atoms with Gasteiger partial charge in [-0.15, -0.1) is 10.2 Å². The average molecular weight is 445 g/mol. The summed E-state index contributed by atoms with van der Waals surface area (Å²) in [5, 5.41) is 19.1. The lowest BCUT2D eigenvalue weighted by atomic mass is 9.98. The smallest absolute Gasteiger partial charge is 0.213 e. The number of hydrogen-bond donors (Lipinski definition) is 1. The van der Waals surface area contributed by atoms with E-state index in [0.29, 0.717) is 11.3 Å². The first-order valence-electron chi connectivity index (χ1n) is 11.4. The Kier molecular flexibility index (Phi) is 6.21. The monoisotopic (exact) mass is 444 g/mol. The summed E-state index contributed by atoms with van der Waals surface area (Å²) in [5.74, 6) is 0.754.